The van der Waals surface area contributed by atoms with Crippen molar-refractivity contribution in [3.8, 4) is 0 Å². The Morgan fingerprint density at radius 2 is 1.96 bits per heavy atom. The quantitative estimate of drug-likeness (QED) is 0.650. The summed E-state index contributed by atoms with van der Waals surface area (Å²) in [5.41, 5.74) is 3.27. The smallest absolute Gasteiger partial charge is 0.291 e. The fourth-order valence-electron chi connectivity index (χ4n) is 3.22. The lowest BCUT2D eigenvalue weighted by Gasteiger charge is -2.23. The molecular formula is C20H19N3O2S. The molecule has 4 rings (SSSR count). The predicted molar refractivity (Wildman–Crippen MR) is 104 cm³/mol. The van der Waals surface area contributed by atoms with E-state index in [1.807, 2.05) is 55.3 Å². The molecule has 2 heterocycles. The molecule has 2 aromatic carbocycles. The number of amides is 1. The monoisotopic (exact) mass is 365 g/mol. The third-order valence-electron chi connectivity index (χ3n) is 4.57. The number of hydrogen-bond acceptors (Lipinski definition) is 5. The molecule has 3 aromatic rings. The maximum absolute atomic E-state index is 12.4. The number of aromatic nitrogens is 1. The number of benzene rings is 2. The van der Waals surface area contributed by atoms with Crippen LogP contribution >= 0.6 is 11.3 Å². The van der Waals surface area contributed by atoms with Crippen molar-refractivity contribution in [3.05, 3.63) is 58.6 Å². The first-order valence-corrected chi connectivity index (χ1v) is 9.40. The standard InChI is InChI=1S/C20H19N3O2S/c1-3-13-8-9-16-14(10-13)19(24)20(25)23(16)12-22(2)11-18-21-15-6-4-5-7-17(15)26-18/h4-10H,3,11-12H2,1-2H3. The molecule has 0 radical (unpaired) electrons. The number of anilines is 1. The lowest BCUT2D eigenvalue weighted by Crippen LogP contribution is -2.38. The van der Waals surface area contributed by atoms with Crippen molar-refractivity contribution in [1.29, 1.82) is 0 Å². The van der Waals surface area contributed by atoms with E-state index in [0.717, 1.165) is 27.2 Å². The van der Waals surface area contributed by atoms with Crippen LogP contribution in [0.1, 0.15) is 27.9 Å². The zero-order chi connectivity index (χ0) is 18.3. The number of nitrogens with zero attached hydrogens (tertiary/aromatic N) is 3. The first-order chi connectivity index (χ1) is 12.6. The summed E-state index contributed by atoms with van der Waals surface area (Å²) in [4.78, 5) is 32.9. The van der Waals surface area contributed by atoms with Gasteiger partial charge >= 0.3 is 5.91 Å². The zero-order valence-corrected chi connectivity index (χ0v) is 15.5. The highest BCUT2D eigenvalue weighted by atomic mass is 32.1. The van der Waals surface area contributed by atoms with E-state index in [1.165, 1.54) is 0 Å². The van der Waals surface area contributed by atoms with E-state index in [0.29, 0.717) is 24.5 Å². The van der Waals surface area contributed by atoms with Crippen molar-refractivity contribution in [2.24, 2.45) is 0 Å². The Balaban J connectivity index is 1.53. The number of rotatable bonds is 5. The Hall–Kier alpha value is -2.57. The van der Waals surface area contributed by atoms with Gasteiger partial charge in [-0.15, -0.1) is 11.3 Å². The average Bonchev–Trinajstić information content (AvgIpc) is 3.15. The minimum absolute atomic E-state index is 0.360. The van der Waals surface area contributed by atoms with Crippen LogP contribution in [0.25, 0.3) is 10.2 Å². The minimum Gasteiger partial charge on any atom is -0.291 e. The number of carbonyl (C=O) groups excluding carboxylic acids is 2. The summed E-state index contributed by atoms with van der Waals surface area (Å²) in [6.45, 7) is 3.02. The molecule has 0 aliphatic carbocycles. The molecular weight excluding hydrogens is 346 g/mol. The van der Waals surface area contributed by atoms with E-state index in [9.17, 15) is 9.59 Å². The van der Waals surface area contributed by atoms with Crippen LogP contribution in [0.3, 0.4) is 0 Å². The second-order valence-corrected chi connectivity index (χ2v) is 7.61. The number of thiazole rings is 1. The third kappa shape index (κ3) is 2.91. The summed E-state index contributed by atoms with van der Waals surface area (Å²) in [6.07, 6.45) is 0.840. The van der Waals surface area contributed by atoms with E-state index >= 15 is 0 Å². The number of ketones is 1. The lowest BCUT2D eigenvalue weighted by atomic mass is 10.1. The van der Waals surface area contributed by atoms with Gasteiger partial charge in [0.1, 0.15) is 5.01 Å². The second kappa shape index (κ2) is 6.63. The number of para-hydroxylation sites is 1. The van der Waals surface area contributed by atoms with Crippen molar-refractivity contribution in [2.45, 2.75) is 19.9 Å². The lowest BCUT2D eigenvalue weighted by molar-refractivity contribution is -0.114. The molecule has 1 aliphatic rings. The van der Waals surface area contributed by atoms with E-state index in [2.05, 4.69) is 11.1 Å². The number of carbonyl (C=O) groups is 2. The molecule has 1 amide bonds. The van der Waals surface area contributed by atoms with Gasteiger partial charge in [0, 0.05) is 0 Å². The summed E-state index contributed by atoms with van der Waals surface area (Å²) >= 11 is 1.65. The third-order valence-corrected chi connectivity index (χ3v) is 5.59. The normalized spacial score (nSPS) is 13.9. The molecule has 0 N–H and O–H groups in total. The molecule has 0 unspecified atom stereocenters. The van der Waals surface area contributed by atoms with E-state index in [1.54, 1.807) is 16.2 Å². The molecule has 0 spiro atoms. The van der Waals surface area contributed by atoms with Crippen molar-refractivity contribution >= 4 is 38.9 Å². The van der Waals surface area contributed by atoms with Crippen LogP contribution in [-0.2, 0) is 17.8 Å². The van der Waals surface area contributed by atoms with E-state index in [-0.39, 0.29) is 0 Å². The highest BCUT2D eigenvalue weighted by Crippen LogP contribution is 2.30. The largest absolute Gasteiger partial charge is 0.300 e. The van der Waals surface area contributed by atoms with Gasteiger partial charge in [-0.2, -0.15) is 0 Å². The van der Waals surface area contributed by atoms with Crippen LogP contribution in [0, 0.1) is 0 Å². The Bertz CT molecular complexity index is 978. The Morgan fingerprint density at radius 1 is 1.15 bits per heavy atom. The molecule has 1 aromatic heterocycles. The highest BCUT2D eigenvalue weighted by molar-refractivity contribution is 7.18. The van der Waals surface area contributed by atoms with Crippen LogP contribution in [0.4, 0.5) is 5.69 Å². The number of hydrogen-bond donors (Lipinski definition) is 0. The summed E-state index contributed by atoms with van der Waals surface area (Å²) in [7, 11) is 1.93. The highest BCUT2D eigenvalue weighted by Gasteiger charge is 2.36. The summed E-state index contributed by atoms with van der Waals surface area (Å²) < 4.78 is 1.15. The second-order valence-electron chi connectivity index (χ2n) is 6.50. The van der Waals surface area contributed by atoms with Gasteiger partial charge in [0.25, 0.3) is 5.78 Å². The molecule has 0 saturated heterocycles. The molecule has 0 fully saturated rings. The number of Topliss-reactive ketones (excluding diaryl/α,β-unsaturated/α-hetero) is 1. The first kappa shape index (κ1) is 16.9. The summed E-state index contributed by atoms with van der Waals surface area (Å²) in [6, 6.07) is 13.7. The molecule has 26 heavy (non-hydrogen) atoms. The first-order valence-electron chi connectivity index (χ1n) is 8.59. The fourth-order valence-corrected chi connectivity index (χ4v) is 4.27. The average molecular weight is 365 g/mol. The molecule has 5 nitrogen and oxygen atoms in total. The van der Waals surface area contributed by atoms with Crippen molar-refractivity contribution in [3.63, 3.8) is 0 Å². The molecule has 1 aliphatic heterocycles. The molecule has 0 atom stereocenters. The molecule has 6 heteroatoms. The summed E-state index contributed by atoms with van der Waals surface area (Å²) in [5.74, 6) is -0.868. The Kier molecular flexibility index (Phi) is 4.30. The number of aryl methyl sites for hydroxylation is 1. The van der Waals surface area contributed by atoms with Crippen molar-refractivity contribution in [2.75, 3.05) is 18.6 Å². The minimum atomic E-state index is -0.454. The van der Waals surface area contributed by atoms with Crippen LogP contribution in [-0.4, -0.2) is 35.3 Å². The van der Waals surface area contributed by atoms with Gasteiger partial charge in [-0.25, -0.2) is 4.98 Å². The van der Waals surface area contributed by atoms with Gasteiger partial charge in [-0.05, 0) is 43.3 Å². The topological polar surface area (TPSA) is 53.5 Å². The molecule has 0 saturated carbocycles. The van der Waals surface area contributed by atoms with E-state index < -0.39 is 11.7 Å². The molecule has 0 bridgehead atoms. The number of fused-ring (bicyclic) bond motifs is 2. The van der Waals surface area contributed by atoms with Crippen LogP contribution < -0.4 is 4.90 Å². The molecule has 132 valence electrons. The van der Waals surface area contributed by atoms with Crippen LogP contribution in [0.2, 0.25) is 0 Å². The maximum atomic E-state index is 12.4. The van der Waals surface area contributed by atoms with Gasteiger partial charge in [-0.3, -0.25) is 19.4 Å². The van der Waals surface area contributed by atoms with Crippen LogP contribution in [0.5, 0.6) is 0 Å². The SMILES string of the molecule is CCc1ccc2c(c1)C(=O)C(=O)N2CN(C)Cc1nc2ccccc2s1. The summed E-state index contributed by atoms with van der Waals surface area (Å²) in [5, 5.41) is 0.994. The maximum Gasteiger partial charge on any atom is 0.300 e. The zero-order valence-electron chi connectivity index (χ0n) is 14.7. The Labute approximate surface area is 155 Å². The fraction of sp³-hybridized carbons (Fsp3) is 0.250. The van der Waals surface area contributed by atoms with Gasteiger partial charge in [0.05, 0.1) is 34.7 Å². The van der Waals surface area contributed by atoms with Crippen molar-refractivity contribution in [1.82, 2.24) is 9.88 Å². The van der Waals surface area contributed by atoms with Gasteiger partial charge in [0.15, 0.2) is 0 Å². The van der Waals surface area contributed by atoms with E-state index in [4.69, 9.17) is 0 Å². The predicted octanol–water partition coefficient (Wildman–Crippen LogP) is 3.48. The Morgan fingerprint density at radius 3 is 2.73 bits per heavy atom. The van der Waals surface area contributed by atoms with Crippen LogP contribution in [0.15, 0.2) is 42.5 Å². The van der Waals surface area contributed by atoms with Gasteiger partial charge < -0.3 is 0 Å². The van der Waals surface area contributed by atoms with Gasteiger partial charge in [0.2, 0.25) is 0 Å². The van der Waals surface area contributed by atoms with Crippen molar-refractivity contribution < 1.29 is 9.59 Å². The van der Waals surface area contributed by atoms with Gasteiger partial charge in [-0.1, -0.05) is 25.1 Å².